The molecule has 2 aromatic heterocycles. The number of carbonyl (C=O) groups excluding carboxylic acids is 4. The van der Waals surface area contributed by atoms with E-state index in [1.54, 1.807) is 6.92 Å². The van der Waals surface area contributed by atoms with Crippen LogP contribution in [0.2, 0.25) is 0 Å². The minimum atomic E-state index is -5.92. The summed E-state index contributed by atoms with van der Waals surface area (Å²) in [5, 5.41) is 25.7. The largest absolute Gasteiger partial charge is 0.790 e. The highest BCUT2D eigenvalue weighted by Crippen LogP contribution is 2.56. The molecule has 1 saturated heterocycles. The van der Waals surface area contributed by atoms with E-state index in [0.717, 1.165) is 29.0 Å². The maximum atomic E-state index is 12.5. The molecular weight excluding hydrogens is 835 g/mol. The smallest absolute Gasteiger partial charge is 0.274 e. The number of imidazole rings is 1. The first-order valence-electron chi connectivity index (χ1n) is 15.9. The predicted molar refractivity (Wildman–Crippen MR) is 185 cm³/mol. The van der Waals surface area contributed by atoms with Gasteiger partial charge in [-0.2, -0.15) is 0 Å². The molecule has 7 atom stereocenters. The second-order valence-electron chi connectivity index (χ2n) is 12.3. The van der Waals surface area contributed by atoms with Crippen LogP contribution in [-0.2, 0) is 55.5 Å². The molecule has 318 valence electrons. The Morgan fingerprint density at radius 3 is 2.38 bits per heavy atom. The van der Waals surface area contributed by atoms with Gasteiger partial charge in [-0.1, -0.05) is 40.0 Å². The number of ketones is 1. The van der Waals surface area contributed by atoms with Gasteiger partial charge < -0.3 is 69.0 Å². The Kier molecular flexibility index (Phi) is 18.3. The van der Waals surface area contributed by atoms with Gasteiger partial charge in [-0.3, -0.25) is 32.9 Å². The number of aromatic nitrogens is 4. The van der Waals surface area contributed by atoms with Crippen molar-refractivity contribution in [2.75, 3.05) is 37.8 Å². The number of carbonyl (C=O) groups is 4. The number of phosphoric acid groups is 3. The summed E-state index contributed by atoms with van der Waals surface area (Å²) in [6, 6.07) is 0. The molecule has 2 amide bonds. The highest BCUT2D eigenvalue weighted by Gasteiger charge is 2.47. The number of thioether (sulfide) groups is 1. The van der Waals surface area contributed by atoms with Crippen molar-refractivity contribution in [1.29, 1.82) is 0 Å². The number of rotatable bonds is 22. The Morgan fingerprint density at radius 2 is 1.73 bits per heavy atom. The van der Waals surface area contributed by atoms with Crippen LogP contribution < -0.4 is 35.9 Å². The van der Waals surface area contributed by atoms with Gasteiger partial charge in [-0.15, -0.1) is 0 Å². The summed E-state index contributed by atoms with van der Waals surface area (Å²) in [6.07, 6.45) is -7.66. The van der Waals surface area contributed by atoms with Gasteiger partial charge in [0.2, 0.25) is 11.8 Å². The van der Waals surface area contributed by atoms with Gasteiger partial charge in [0.1, 0.15) is 42.0 Å². The fraction of sp³-hybridized carbons (Fsp3) is 0.667. The second kappa shape index (κ2) is 20.8. The first kappa shape index (κ1) is 49.4. The van der Waals surface area contributed by atoms with E-state index >= 15 is 0 Å². The molecule has 2 aromatic rings. The number of hydrogen-bond acceptors (Lipinski definition) is 23. The monoisotopic (exact) mass is 877 g/mol. The third kappa shape index (κ3) is 14.9. The Bertz CT molecular complexity index is 1850. The summed E-state index contributed by atoms with van der Waals surface area (Å²) in [5.74, 6) is -1.63. The van der Waals surface area contributed by atoms with Crippen LogP contribution >= 0.6 is 35.2 Å². The van der Waals surface area contributed by atoms with Crippen molar-refractivity contribution in [2.24, 2.45) is 5.41 Å². The van der Waals surface area contributed by atoms with Crippen molar-refractivity contribution >= 4 is 74.9 Å². The third-order valence-electron chi connectivity index (χ3n) is 7.48. The number of aliphatic hydroxyl groups excluding tert-OH is 2. The summed E-state index contributed by atoms with van der Waals surface area (Å²) >= 11 is 0.881. The molecule has 0 aliphatic carbocycles. The average molecular weight is 878 g/mol. The van der Waals surface area contributed by atoms with Crippen LogP contribution in [0.4, 0.5) is 5.82 Å². The topological polar surface area (TPSA) is 392 Å². The number of fused-ring (bicyclic) bond motifs is 1. The maximum Gasteiger partial charge on any atom is 0.274 e. The van der Waals surface area contributed by atoms with Crippen LogP contribution in [0.5, 0.6) is 0 Å². The number of aliphatic hydroxyl groups is 2. The normalized spacial score (nSPS) is 21.4. The van der Waals surface area contributed by atoms with Crippen molar-refractivity contribution < 1.29 is 85.3 Å². The molecule has 0 spiro atoms. The van der Waals surface area contributed by atoms with E-state index in [2.05, 4.69) is 43.5 Å². The SMILES string of the molecule is C.CCC(=O)CC(=O)SCCNC(=O)CCNC(=O)C(O)C(C)(C)COP(=O)([O-])OP(=O)([O-])OCC1OC(n2cnc3c(N)ncnc32)C(O)C1OP(=O)([O-])[O-]. The van der Waals surface area contributed by atoms with E-state index in [1.165, 1.54) is 13.8 Å². The van der Waals surface area contributed by atoms with Crippen LogP contribution in [0.25, 0.3) is 11.2 Å². The summed E-state index contributed by atoms with van der Waals surface area (Å²) in [4.78, 5) is 107. The zero-order valence-electron chi connectivity index (χ0n) is 29.2. The minimum absolute atomic E-state index is 0. The molecule has 0 saturated carbocycles. The molecule has 1 fully saturated rings. The lowest BCUT2D eigenvalue weighted by atomic mass is 9.87. The molecule has 29 heteroatoms. The number of hydrogen-bond donors (Lipinski definition) is 5. The summed E-state index contributed by atoms with van der Waals surface area (Å²) in [7, 11) is -17.6. The molecule has 1 aliphatic heterocycles. The van der Waals surface area contributed by atoms with Crippen molar-refractivity contribution in [3.05, 3.63) is 12.7 Å². The Hall–Kier alpha value is -2.77. The van der Waals surface area contributed by atoms with Crippen molar-refractivity contribution in [3.8, 4) is 0 Å². The first-order valence-corrected chi connectivity index (χ1v) is 21.3. The molecule has 0 aromatic carbocycles. The van der Waals surface area contributed by atoms with Crippen LogP contribution in [0.3, 0.4) is 0 Å². The molecule has 1 aliphatic rings. The zero-order valence-corrected chi connectivity index (χ0v) is 32.7. The number of phosphoric ester groups is 3. The number of anilines is 1. The Balaban J connectivity index is 0.0000108. The third-order valence-corrected chi connectivity index (χ3v) is 11.4. The predicted octanol–water partition coefficient (Wildman–Crippen LogP) is -2.86. The molecule has 25 nitrogen and oxygen atoms in total. The van der Waals surface area contributed by atoms with E-state index < -0.39 is 84.6 Å². The molecule has 56 heavy (non-hydrogen) atoms. The fourth-order valence-corrected chi connectivity index (χ4v) is 8.04. The molecule has 3 heterocycles. The lowest BCUT2D eigenvalue weighted by molar-refractivity contribution is -0.347. The number of nitrogen functional groups attached to an aromatic ring is 1. The average Bonchev–Trinajstić information content (AvgIpc) is 3.64. The molecular formula is C27H42N7O18P3S-4. The highest BCUT2D eigenvalue weighted by molar-refractivity contribution is 8.13. The Labute approximate surface area is 323 Å². The van der Waals surface area contributed by atoms with Crippen LogP contribution in [0.15, 0.2) is 12.7 Å². The summed E-state index contributed by atoms with van der Waals surface area (Å²) in [5.41, 5.74) is 4.03. The van der Waals surface area contributed by atoms with Gasteiger partial charge in [-0.25, -0.2) is 19.3 Å². The highest BCUT2D eigenvalue weighted by atomic mass is 32.2. The number of nitrogens with one attached hydrogen (secondary N) is 2. The lowest BCUT2D eigenvalue weighted by Crippen LogP contribution is -2.46. The second-order valence-corrected chi connectivity index (χ2v) is 17.5. The lowest BCUT2D eigenvalue weighted by Gasteiger charge is -2.36. The van der Waals surface area contributed by atoms with Crippen molar-refractivity contribution in [2.45, 2.75) is 78.1 Å². The number of Topliss-reactive ketones (excluding diaryl/α,β-unsaturated/α-hetero) is 1. The van der Waals surface area contributed by atoms with Gasteiger partial charge in [0.25, 0.3) is 15.6 Å². The van der Waals surface area contributed by atoms with Gasteiger partial charge in [0.05, 0.1) is 33.8 Å². The number of amides is 2. The van der Waals surface area contributed by atoms with Crippen molar-refractivity contribution in [3.63, 3.8) is 0 Å². The first-order chi connectivity index (χ1) is 25.4. The van der Waals surface area contributed by atoms with Crippen LogP contribution in [0, 0.1) is 5.41 Å². The zero-order chi connectivity index (χ0) is 41.4. The molecule has 0 radical (unpaired) electrons. The molecule has 7 unspecified atom stereocenters. The van der Waals surface area contributed by atoms with E-state index in [4.69, 9.17) is 10.5 Å². The fourth-order valence-electron chi connectivity index (χ4n) is 4.61. The van der Waals surface area contributed by atoms with Gasteiger partial charge in [0, 0.05) is 37.1 Å². The minimum Gasteiger partial charge on any atom is -0.790 e. The van der Waals surface area contributed by atoms with E-state index in [9.17, 15) is 62.7 Å². The van der Waals surface area contributed by atoms with Gasteiger partial charge in [-0.05, 0) is 0 Å². The summed E-state index contributed by atoms with van der Waals surface area (Å²) in [6.45, 7) is 1.54. The van der Waals surface area contributed by atoms with E-state index in [0.29, 0.717) is 0 Å². The van der Waals surface area contributed by atoms with Gasteiger partial charge in [0.15, 0.2) is 22.8 Å². The van der Waals surface area contributed by atoms with E-state index in [-0.39, 0.29) is 73.4 Å². The number of nitrogens with two attached hydrogens (primary N) is 1. The molecule has 3 rings (SSSR count). The summed E-state index contributed by atoms with van der Waals surface area (Å²) < 4.78 is 60.3. The van der Waals surface area contributed by atoms with Crippen molar-refractivity contribution in [1.82, 2.24) is 30.2 Å². The molecule has 0 bridgehead atoms. The van der Waals surface area contributed by atoms with E-state index in [1.807, 2.05) is 0 Å². The van der Waals surface area contributed by atoms with Gasteiger partial charge >= 0.3 is 0 Å². The maximum absolute atomic E-state index is 12.5. The standard InChI is InChI=1S/C26H42N7O18P3S.CH4/c1-4-14(34)9-17(36)55-8-7-28-16(35)5-6-29-24(39)21(38)26(2,3)11-48-54(45,46)51-53(43,44)47-10-15-20(50-52(40,41)42)19(37)25(49-15)33-13-32-18-22(27)30-12-31-23(18)33;/h12-13,15,19-21,25,37-38H,4-11H2,1-3H3,(H,28,35)(H,29,39)(H,43,44)(H,45,46)(H2,27,30,31)(H2,40,41,42);1H4/p-4. The van der Waals surface area contributed by atoms with Crippen LogP contribution in [0.1, 0.15) is 53.7 Å². The quantitative estimate of drug-likeness (QED) is 0.0451. The molecule has 6 N–H and O–H groups in total. The Morgan fingerprint density at radius 1 is 1.07 bits per heavy atom. The number of ether oxygens (including phenoxy) is 1. The number of nitrogens with zero attached hydrogens (tertiary/aromatic N) is 4. The van der Waals surface area contributed by atoms with Crippen LogP contribution in [-0.4, -0.2) is 109 Å².